The lowest BCUT2D eigenvalue weighted by Crippen LogP contribution is -2.39. The molecule has 0 radical (unpaired) electrons. The first-order chi connectivity index (χ1) is 17.2. The molecule has 0 saturated heterocycles. The minimum absolute atomic E-state index is 0.0810. The van der Waals surface area contributed by atoms with Crippen molar-refractivity contribution >= 4 is 72.3 Å². The lowest BCUT2D eigenvalue weighted by atomic mass is 9.96. The number of amides is 1. The van der Waals surface area contributed by atoms with Crippen molar-refractivity contribution in [2.75, 3.05) is 11.5 Å². The molecule has 0 aliphatic rings. The number of rotatable bonds is 8. The number of sulfone groups is 1. The third-order valence-corrected chi connectivity index (χ3v) is 8.41. The summed E-state index contributed by atoms with van der Waals surface area (Å²) >= 11 is 20.4. The van der Waals surface area contributed by atoms with E-state index in [1.54, 1.807) is 0 Å². The lowest BCUT2D eigenvalue weighted by molar-refractivity contribution is -0.139. The Morgan fingerprint density at radius 1 is 1.05 bits per heavy atom. The van der Waals surface area contributed by atoms with Gasteiger partial charge in [0.05, 0.1) is 26.4 Å². The largest absolute Gasteiger partial charge is 0.402 e. The van der Waals surface area contributed by atoms with Crippen molar-refractivity contribution in [3.63, 3.8) is 0 Å². The Balaban J connectivity index is 2.28. The van der Waals surface area contributed by atoms with Crippen LogP contribution in [-0.2, 0) is 9.84 Å². The third-order valence-electron chi connectivity index (χ3n) is 4.79. The zero-order valence-corrected chi connectivity index (χ0v) is 23.5. The van der Waals surface area contributed by atoms with Gasteiger partial charge < -0.3 is 5.32 Å². The number of alkyl halides is 6. The molecule has 4 nitrogen and oxygen atoms in total. The Bertz CT molecular complexity index is 1330. The highest BCUT2D eigenvalue weighted by Crippen LogP contribution is 2.42. The van der Waals surface area contributed by atoms with Crippen molar-refractivity contribution in [2.45, 2.75) is 31.2 Å². The summed E-state index contributed by atoms with van der Waals surface area (Å²) < 4.78 is 116. The van der Waals surface area contributed by atoms with E-state index in [9.17, 15) is 43.9 Å². The second-order valence-corrected chi connectivity index (χ2v) is 12.2. The maximum absolute atomic E-state index is 14.9. The molecule has 2 rings (SSSR count). The van der Waals surface area contributed by atoms with Gasteiger partial charge >= 0.3 is 12.4 Å². The SMILES string of the molecule is C[C@H](CS(=O)(=O)CC(F)(F)F)NC(=O)c1ccc(/C(F)=C/C(c2cc(Cl)c(Cl)c(Cl)c2)C(F)(F)F)cc1Br. The van der Waals surface area contributed by atoms with Gasteiger partial charge in [-0.05, 0) is 58.8 Å². The highest BCUT2D eigenvalue weighted by atomic mass is 79.9. The zero-order valence-electron chi connectivity index (χ0n) is 18.8. The third kappa shape index (κ3) is 9.29. The van der Waals surface area contributed by atoms with Crippen LogP contribution in [0.3, 0.4) is 0 Å². The van der Waals surface area contributed by atoms with Gasteiger partial charge in [0.2, 0.25) is 0 Å². The highest BCUT2D eigenvalue weighted by Gasteiger charge is 2.40. The van der Waals surface area contributed by atoms with E-state index >= 15 is 0 Å². The van der Waals surface area contributed by atoms with E-state index in [0.29, 0.717) is 0 Å². The molecule has 0 saturated carbocycles. The van der Waals surface area contributed by atoms with Crippen LogP contribution in [0.5, 0.6) is 0 Å². The van der Waals surface area contributed by atoms with Crippen LogP contribution >= 0.6 is 50.7 Å². The number of hydrogen-bond donors (Lipinski definition) is 1. The summed E-state index contributed by atoms with van der Waals surface area (Å²) in [5.41, 5.74) is -1.00. The Hall–Kier alpha value is -1.54. The van der Waals surface area contributed by atoms with Crippen molar-refractivity contribution in [1.29, 1.82) is 0 Å². The highest BCUT2D eigenvalue weighted by molar-refractivity contribution is 9.10. The molecule has 2 aromatic carbocycles. The molecule has 1 N–H and O–H groups in total. The van der Waals surface area contributed by atoms with Crippen LogP contribution in [-0.4, -0.2) is 44.2 Å². The van der Waals surface area contributed by atoms with Crippen molar-refractivity contribution < 1.29 is 43.9 Å². The van der Waals surface area contributed by atoms with Crippen molar-refractivity contribution in [2.24, 2.45) is 0 Å². The molecule has 210 valence electrons. The molecule has 1 unspecified atom stereocenters. The fourth-order valence-corrected chi connectivity index (χ4v) is 5.89. The summed E-state index contributed by atoms with van der Waals surface area (Å²) in [6, 6.07) is 3.61. The average molecular weight is 694 g/mol. The molecular weight excluding hydrogens is 678 g/mol. The number of carbonyl (C=O) groups is 1. The molecule has 38 heavy (non-hydrogen) atoms. The van der Waals surface area contributed by atoms with E-state index in [-0.39, 0.29) is 36.7 Å². The normalized spacial score (nSPS) is 14.8. The summed E-state index contributed by atoms with van der Waals surface area (Å²) in [7, 11) is -4.57. The molecule has 2 atom stereocenters. The monoisotopic (exact) mass is 691 g/mol. The Kier molecular flexibility index (Phi) is 10.6. The van der Waals surface area contributed by atoms with E-state index in [0.717, 1.165) is 30.3 Å². The molecular formula is C22H16BrCl3F7NO3S. The van der Waals surface area contributed by atoms with Gasteiger partial charge in [-0.25, -0.2) is 12.8 Å². The van der Waals surface area contributed by atoms with E-state index in [4.69, 9.17) is 34.8 Å². The van der Waals surface area contributed by atoms with Crippen LogP contribution in [0.2, 0.25) is 15.1 Å². The maximum atomic E-state index is 14.9. The topological polar surface area (TPSA) is 63.2 Å². The minimum Gasteiger partial charge on any atom is -0.349 e. The molecule has 0 heterocycles. The number of allylic oxidation sites excluding steroid dienone is 1. The lowest BCUT2D eigenvalue weighted by Gasteiger charge is -2.19. The molecule has 0 aromatic heterocycles. The number of hydrogen-bond acceptors (Lipinski definition) is 3. The van der Waals surface area contributed by atoms with Gasteiger partial charge in [-0.3, -0.25) is 4.79 Å². The second kappa shape index (κ2) is 12.3. The van der Waals surface area contributed by atoms with E-state index in [2.05, 4.69) is 21.2 Å². The van der Waals surface area contributed by atoms with E-state index in [1.807, 2.05) is 0 Å². The maximum Gasteiger partial charge on any atom is 0.402 e. The molecule has 0 fully saturated rings. The fourth-order valence-electron chi connectivity index (χ4n) is 3.26. The van der Waals surface area contributed by atoms with Gasteiger partial charge in [0.25, 0.3) is 5.91 Å². The summed E-state index contributed by atoms with van der Waals surface area (Å²) in [5, 5.41) is 1.50. The first-order valence-electron chi connectivity index (χ1n) is 10.2. The molecule has 0 bridgehead atoms. The van der Waals surface area contributed by atoms with Crippen LogP contribution < -0.4 is 5.32 Å². The molecule has 0 aliphatic carbocycles. The molecule has 0 spiro atoms. The smallest absolute Gasteiger partial charge is 0.349 e. The standard InChI is InChI=1S/C22H16BrCl3F7NO3S/c1-10(8-38(36,37)9-21(28,29)30)34-20(35)13-3-2-11(4-15(13)23)18(27)7-14(22(31,32)33)12-5-16(24)19(26)17(25)6-12/h2-7,10,14H,8-9H2,1H3,(H,34,35)/b18-7-/t10-,14?/m1/s1. The van der Waals surface area contributed by atoms with Crippen LogP contribution in [0.15, 0.2) is 40.9 Å². The summed E-state index contributed by atoms with van der Waals surface area (Å²) in [4.78, 5) is 12.5. The van der Waals surface area contributed by atoms with Crippen LogP contribution in [0.25, 0.3) is 5.83 Å². The number of halogens is 11. The Morgan fingerprint density at radius 3 is 2.08 bits per heavy atom. The van der Waals surface area contributed by atoms with Crippen LogP contribution in [0.1, 0.15) is 34.3 Å². The second-order valence-electron chi connectivity index (χ2n) is 8.07. The van der Waals surface area contributed by atoms with Gasteiger partial charge in [-0.2, -0.15) is 26.3 Å². The first kappa shape index (κ1) is 32.7. The number of nitrogens with one attached hydrogen (secondary N) is 1. The van der Waals surface area contributed by atoms with Gasteiger partial charge in [0, 0.05) is 16.1 Å². The molecule has 1 amide bonds. The zero-order chi connectivity index (χ0) is 29.2. The first-order valence-corrected chi connectivity index (χ1v) is 13.9. The summed E-state index contributed by atoms with van der Waals surface area (Å²) in [6.07, 6.45) is -9.61. The number of benzene rings is 2. The van der Waals surface area contributed by atoms with Gasteiger partial charge in [-0.1, -0.05) is 40.9 Å². The quantitative estimate of drug-likeness (QED) is 0.224. The predicted octanol–water partition coefficient (Wildman–Crippen LogP) is 8.16. The van der Waals surface area contributed by atoms with Crippen molar-refractivity contribution in [3.05, 3.63) is 72.6 Å². The van der Waals surface area contributed by atoms with E-state index < -0.39 is 63.0 Å². The predicted molar refractivity (Wildman–Crippen MR) is 135 cm³/mol. The number of carbonyl (C=O) groups excluding carboxylic acids is 1. The van der Waals surface area contributed by atoms with Gasteiger partial charge in [0.1, 0.15) is 17.5 Å². The summed E-state index contributed by atoms with van der Waals surface area (Å²) in [5.74, 6) is -7.74. The van der Waals surface area contributed by atoms with Crippen molar-refractivity contribution in [3.8, 4) is 0 Å². The van der Waals surface area contributed by atoms with Crippen molar-refractivity contribution in [1.82, 2.24) is 5.32 Å². The van der Waals surface area contributed by atoms with E-state index in [1.165, 1.54) is 6.92 Å². The Morgan fingerprint density at radius 2 is 1.61 bits per heavy atom. The molecule has 0 aliphatic heterocycles. The molecule has 2 aromatic rings. The van der Waals surface area contributed by atoms with Crippen LogP contribution in [0, 0.1) is 0 Å². The van der Waals surface area contributed by atoms with Gasteiger partial charge in [-0.15, -0.1) is 0 Å². The van der Waals surface area contributed by atoms with Crippen LogP contribution in [0.4, 0.5) is 30.7 Å². The summed E-state index contributed by atoms with van der Waals surface area (Å²) in [6.45, 7) is 1.17. The fraction of sp³-hybridized carbons (Fsp3) is 0.318. The van der Waals surface area contributed by atoms with Gasteiger partial charge in [0.15, 0.2) is 9.84 Å². The molecule has 16 heteroatoms. The minimum atomic E-state index is -4.95. The average Bonchev–Trinajstić information content (AvgIpc) is 2.71. The Labute approximate surface area is 236 Å².